The highest BCUT2D eigenvalue weighted by molar-refractivity contribution is 7.21. The van der Waals surface area contributed by atoms with Crippen molar-refractivity contribution >= 4 is 39.0 Å². The molecule has 0 amide bonds. The number of nitrogens with zero attached hydrogens (tertiary/aromatic N) is 4. The van der Waals surface area contributed by atoms with Crippen molar-refractivity contribution in [2.45, 2.75) is 64.9 Å². The summed E-state index contributed by atoms with van der Waals surface area (Å²) in [6.07, 6.45) is -1.76. The lowest BCUT2D eigenvalue weighted by molar-refractivity contribution is -0.0601. The van der Waals surface area contributed by atoms with E-state index in [0.717, 1.165) is 37.9 Å². The lowest BCUT2D eigenvalue weighted by Crippen LogP contribution is -2.40. The molecule has 5 N–H and O–H groups in total. The van der Waals surface area contributed by atoms with Crippen molar-refractivity contribution in [1.29, 1.82) is 0 Å². The summed E-state index contributed by atoms with van der Waals surface area (Å²) in [5, 5.41) is 39.5. The van der Waals surface area contributed by atoms with Gasteiger partial charge in [0.25, 0.3) is 0 Å². The number of anilines is 3. The van der Waals surface area contributed by atoms with E-state index >= 15 is 0 Å². The smallest absolute Gasteiger partial charge is 0.229 e. The maximum Gasteiger partial charge on any atom is 0.229 e. The second-order valence-electron chi connectivity index (χ2n) is 10.3. The maximum atomic E-state index is 10.9. The van der Waals surface area contributed by atoms with E-state index in [1.807, 2.05) is 57.2 Å². The number of rotatable bonds is 6. The van der Waals surface area contributed by atoms with Crippen LogP contribution < -0.4 is 10.6 Å². The highest BCUT2D eigenvalue weighted by Gasteiger charge is 2.48. The molecule has 0 radical (unpaired) electrons. The molecular formula is C27H32N6O3S. The van der Waals surface area contributed by atoms with Gasteiger partial charge in [0.2, 0.25) is 5.95 Å². The van der Waals surface area contributed by atoms with Crippen LogP contribution in [0.25, 0.3) is 20.8 Å². The topological polar surface area (TPSA) is 136 Å². The second kappa shape index (κ2) is 9.60. The van der Waals surface area contributed by atoms with E-state index in [1.54, 1.807) is 25.2 Å². The Morgan fingerprint density at radius 2 is 1.65 bits per heavy atom. The summed E-state index contributed by atoms with van der Waals surface area (Å²) in [5.74, 6) is 0.403. The van der Waals surface area contributed by atoms with Gasteiger partial charge < -0.3 is 26.0 Å². The molecule has 3 heterocycles. The molecule has 0 bridgehead atoms. The summed E-state index contributed by atoms with van der Waals surface area (Å²) in [7, 11) is 0. The molecule has 9 nitrogen and oxygen atoms in total. The van der Waals surface area contributed by atoms with Crippen LogP contribution in [0, 0.1) is 26.7 Å². The number of aryl methyl sites for hydroxylation is 3. The minimum absolute atomic E-state index is 0.375. The third-order valence-electron chi connectivity index (χ3n) is 6.85. The molecule has 3 aromatic heterocycles. The molecule has 1 aromatic carbocycles. The van der Waals surface area contributed by atoms with E-state index in [0.29, 0.717) is 23.9 Å². The van der Waals surface area contributed by atoms with Crippen LogP contribution in [-0.2, 0) is 0 Å². The van der Waals surface area contributed by atoms with E-state index in [4.69, 9.17) is 15.0 Å². The fraction of sp³-hybridized carbons (Fsp3) is 0.407. The van der Waals surface area contributed by atoms with Crippen molar-refractivity contribution in [2.75, 3.05) is 10.6 Å². The number of hydrogen-bond acceptors (Lipinski definition) is 10. The molecule has 4 atom stereocenters. The van der Waals surface area contributed by atoms with Crippen LogP contribution in [0.5, 0.6) is 0 Å². The van der Waals surface area contributed by atoms with Crippen molar-refractivity contribution in [3.8, 4) is 10.6 Å². The monoisotopic (exact) mass is 520 g/mol. The maximum absolute atomic E-state index is 10.9. The van der Waals surface area contributed by atoms with Gasteiger partial charge in [-0.3, -0.25) is 4.98 Å². The number of nitrogens with one attached hydrogen (secondary N) is 2. The van der Waals surface area contributed by atoms with Crippen molar-refractivity contribution < 1.29 is 15.3 Å². The fourth-order valence-electron chi connectivity index (χ4n) is 5.06. The third kappa shape index (κ3) is 5.15. The Hall–Kier alpha value is -3.18. The summed E-state index contributed by atoms with van der Waals surface area (Å²) in [6.45, 7) is 9.07. The Morgan fingerprint density at radius 3 is 2.30 bits per heavy atom. The van der Waals surface area contributed by atoms with E-state index < -0.39 is 29.8 Å². The molecule has 1 saturated carbocycles. The number of hydrogen-bond donors (Lipinski definition) is 5. The molecule has 10 heteroatoms. The molecule has 194 valence electrons. The Morgan fingerprint density at radius 1 is 0.946 bits per heavy atom. The molecule has 0 spiro atoms. The van der Waals surface area contributed by atoms with Crippen LogP contribution in [0.2, 0.25) is 0 Å². The van der Waals surface area contributed by atoms with Gasteiger partial charge in [-0.25, -0.2) is 9.97 Å². The van der Waals surface area contributed by atoms with Gasteiger partial charge in [-0.2, -0.15) is 4.98 Å². The average molecular weight is 521 g/mol. The number of benzene rings is 1. The van der Waals surface area contributed by atoms with Gasteiger partial charge in [0, 0.05) is 23.0 Å². The predicted molar refractivity (Wildman–Crippen MR) is 146 cm³/mol. The number of aromatic nitrogens is 4. The normalized spacial score (nSPS) is 21.9. The summed E-state index contributed by atoms with van der Waals surface area (Å²) in [4.78, 5) is 18.8. The standard InChI is InChI=1S/C27H32N6O3S/c1-13-10-16(11-14(2)28-13)30-26-29-15(3)21(25-32-18-8-6-7-9-20(18)37-25)24(33-26)31-19-12-17(27(4,5)36)22(34)23(19)35/h6-11,17,19,22-23,34-36H,12H2,1-5H3,(H2,28,29,30,31,33)/t17-,19+,22+,23-/m0/s1. The largest absolute Gasteiger partial charge is 0.390 e. The van der Waals surface area contributed by atoms with E-state index in [2.05, 4.69) is 15.6 Å². The molecule has 5 rings (SSSR count). The molecule has 1 fully saturated rings. The van der Waals surface area contributed by atoms with Gasteiger partial charge in [0.05, 0.1) is 39.2 Å². The van der Waals surface area contributed by atoms with Crippen LogP contribution in [0.15, 0.2) is 36.4 Å². The van der Waals surface area contributed by atoms with Gasteiger partial charge in [-0.05, 0) is 65.3 Å². The summed E-state index contributed by atoms with van der Waals surface area (Å²) in [6, 6.07) is 11.2. The lowest BCUT2D eigenvalue weighted by atomic mass is 9.88. The zero-order chi connectivity index (χ0) is 26.5. The van der Waals surface area contributed by atoms with Gasteiger partial charge in [0.15, 0.2) is 0 Å². The van der Waals surface area contributed by atoms with Crippen molar-refractivity contribution in [3.63, 3.8) is 0 Å². The Balaban J connectivity index is 1.57. The Bertz CT molecular complexity index is 1400. The van der Waals surface area contributed by atoms with Gasteiger partial charge in [0.1, 0.15) is 16.9 Å². The van der Waals surface area contributed by atoms with Crippen molar-refractivity contribution in [3.05, 3.63) is 53.5 Å². The average Bonchev–Trinajstić information content (AvgIpc) is 3.34. The molecule has 0 saturated heterocycles. The van der Waals surface area contributed by atoms with Gasteiger partial charge in [-0.15, -0.1) is 11.3 Å². The molecular weight excluding hydrogens is 488 g/mol. The van der Waals surface area contributed by atoms with Crippen LogP contribution in [-0.4, -0.2) is 59.1 Å². The minimum Gasteiger partial charge on any atom is -0.390 e. The second-order valence-corrected chi connectivity index (χ2v) is 11.4. The molecule has 1 aliphatic rings. The summed E-state index contributed by atoms with van der Waals surface area (Å²) < 4.78 is 1.05. The van der Waals surface area contributed by atoms with Crippen LogP contribution >= 0.6 is 11.3 Å². The fourth-order valence-corrected chi connectivity index (χ4v) is 6.12. The minimum atomic E-state index is -1.14. The van der Waals surface area contributed by atoms with Crippen LogP contribution in [0.1, 0.15) is 37.4 Å². The quantitative estimate of drug-likeness (QED) is 0.254. The summed E-state index contributed by atoms with van der Waals surface area (Å²) >= 11 is 1.54. The Labute approximate surface area is 219 Å². The van der Waals surface area contributed by atoms with Crippen LogP contribution in [0.3, 0.4) is 0 Å². The number of aliphatic hydroxyl groups is 3. The first-order valence-electron chi connectivity index (χ1n) is 12.3. The molecule has 0 aliphatic heterocycles. The first kappa shape index (κ1) is 25.5. The lowest BCUT2D eigenvalue weighted by Gasteiger charge is -2.28. The molecule has 1 aliphatic carbocycles. The van der Waals surface area contributed by atoms with E-state index in [9.17, 15) is 15.3 Å². The zero-order valence-electron chi connectivity index (χ0n) is 21.5. The highest BCUT2D eigenvalue weighted by atomic mass is 32.1. The summed E-state index contributed by atoms with van der Waals surface area (Å²) in [5.41, 5.74) is 3.78. The SMILES string of the molecule is Cc1cc(Nc2nc(C)c(-c3nc4ccccc4s3)c(N[C@@H]3C[C@H](C(C)(C)O)[C@@H](O)[C@H]3O)n2)cc(C)n1. The van der Waals surface area contributed by atoms with Gasteiger partial charge >= 0.3 is 0 Å². The molecule has 4 aromatic rings. The molecule has 37 heavy (non-hydrogen) atoms. The van der Waals surface area contributed by atoms with E-state index in [-0.39, 0.29) is 0 Å². The number of thiazole rings is 1. The first-order valence-corrected chi connectivity index (χ1v) is 13.1. The van der Waals surface area contributed by atoms with Crippen molar-refractivity contribution in [1.82, 2.24) is 19.9 Å². The third-order valence-corrected chi connectivity index (χ3v) is 7.90. The van der Waals surface area contributed by atoms with E-state index in [1.165, 1.54) is 0 Å². The Kier molecular flexibility index (Phi) is 6.61. The predicted octanol–water partition coefficient (Wildman–Crippen LogP) is 4.11. The zero-order valence-corrected chi connectivity index (χ0v) is 22.3. The number of fused-ring (bicyclic) bond motifs is 1. The highest BCUT2D eigenvalue weighted by Crippen LogP contribution is 2.40. The van der Waals surface area contributed by atoms with Crippen molar-refractivity contribution in [2.24, 2.45) is 5.92 Å². The van der Waals surface area contributed by atoms with Gasteiger partial charge in [-0.1, -0.05) is 12.1 Å². The first-order chi connectivity index (χ1) is 17.5. The van der Waals surface area contributed by atoms with Crippen LogP contribution in [0.4, 0.5) is 17.5 Å². The number of para-hydroxylation sites is 1. The molecule has 0 unspecified atom stereocenters. The number of aliphatic hydroxyl groups excluding tert-OH is 2. The number of pyridine rings is 1.